The van der Waals surface area contributed by atoms with Crippen LogP contribution in [0.25, 0.3) is 10.9 Å². The summed E-state index contributed by atoms with van der Waals surface area (Å²) in [5.74, 6) is -0.400. The Kier molecular flexibility index (Phi) is 4.04. The van der Waals surface area contributed by atoms with Crippen molar-refractivity contribution in [2.75, 3.05) is 6.54 Å². The summed E-state index contributed by atoms with van der Waals surface area (Å²) in [6, 6.07) is 16.3. The van der Waals surface area contributed by atoms with E-state index in [1.807, 2.05) is 18.2 Å². The van der Waals surface area contributed by atoms with Crippen molar-refractivity contribution in [2.45, 2.75) is 19.5 Å². The molecule has 32 heavy (non-hydrogen) atoms. The summed E-state index contributed by atoms with van der Waals surface area (Å²) >= 11 is 0. The van der Waals surface area contributed by atoms with E-state index in [-0.39, 0.29) is 23.9 Å². The summed E-state index contributed by atoms with van der Waals surface area (Å²) in [6.07, 6.45) is 2.25. The molecule has 0 atom stereocenters. The lowest BCUT2D eigenvalue weighted by molar-refractivity contribution is 0.0631. The molecule has 2 aliphatic rings. The first-order chi connectivity index (χ1) is 15.6. The minimum atomic E-state index is -0.409. The molecule has 2 aliphatic heterocycles. The number of amides is 3. The minimum absolute atomic E-state index is 0.0676. The van der Waals surface area contributed by atoms with Gasteiger partial charge in [-0.15, -0.1) is 0 Å². The summed E-state index contributed by atoms with van der Waals surface area (Å²) in [5, 5.41) is 1.13. The van der Waals surface area contributed by atoms with Crippen molar-refractivity contribution in [1.82, 2.24) is 14.8 Å². The molecule has 0 saturated heterocycles. The van der Waals surface area contributed by atoms with Gasteiger partial charge in [0.15, 0.2) is 0 Å². The van der Waals surface area contributed by atoms with Crippen molar-refractivity contribution in [2.24, 2.45) is 0 Å². The molecule has 7 heteroatoms. The van der Waals surface area contributed by atoms with Gasteiger partial charge in [-0.25, -0.2) is 0 Å². The fourth-order valence-electron chi connectivity index (χ4n) is 4.65. The van der Waals surface area contributed by atoms with E-state index in [0.29, 0.717) is 30.0 Å². The van der Waals surface area contributed by atoms with Crippen LogP contribution in [0.5, 0.6) is 0 Å². The molecule has 0 saturated carbocycles. The molecular formula is C25H19N3O4. The molecule has 3 amide bonds. The zero-order valence-electron chi connectivity index (χ0n) is 17.1. The Morgan fingerprint density at radius 1 is 1.00 bits per heavy atom. The standard InChI is InChI=1S/C25H19N3O4/c29-23(27-10-9-22-20(14-27)17-5-1-2-6-21(17)26-22)15-7-8-18-19(12-15)25(31)28(24(18)30)13-16-4-3-11-32-16/h1-8,11-12,26H,9-10,13-14H2. The Bertz CT molecular complexity index is 1400. The predicted molar refractivity (Wildman–Crippen MR) is 116 cm³/mol. The molecule has 7 nitrogen and oxygen atoms in total. The number of fused-ring (bicyclic) bond motifs is 4. The Hall–Kier alpha value is -4.13. The van der Waals surface area contributed by atoms with Crippen LogP contribution in [0.2, 0.25) is 0 Å². The third-order valence-electron chi connectivity index (χ3n) is 6.28. The van der Waals surface area contributed by atoms with Gasteiger partial charge in [-0.05, 0) is 36.4 Å². The van der Waals surface area contributed by atoms with Crippen LogP contribution in [-0.2, 0) is 19.5 Å². The smallest absolute Gasteiger partial charge is 0.261 e. The van der Waals surface area contributed by atoms with Crippen molar-refractivity contribution in [3.05, 3.63) is 94.6 Å². The van der Waals surface area contributed by atoms with Gasteiger partial charge in [0, 0.05) is 47.2 Å². The summed E-state index contributed by atoms with van der Waals surface area (Å²) in [7, 11) is 0. The van der Waals surface area contributed by atoms with Crippen molar-refractivity contribution in [3.8, 4) is 0 Å². The normalized spacial score (nSPS) is 15.4. The third kappa shape index (κ3) is 2.78. The molecule has 0 spiro atoms. The van der Waals surface area contributed by atoms with E-state index in [1.54, 1.807) is 35.2 Å². The van der Waals surface area contributed by atoms with Crippen molar-refractivity contribution in [3.63, 3.8) is 0 Å². The average molecular weight is 425 g/mol. The van der Waals surface area contributed by atoms with Gasteiger partial charge in [0.1, 0.15) is 5.76 Å². The van der Waals surface area contributed by atoms with Crippen molar-refractivity contribution < 1.29 is 18.8 Å². The molecule has 0 fully saturated rings. The highest BCUT2D eigenvalue weighted by Crippen LogP contribution is 2.30. The summed E-state index contributed by atoms with van der Waals surface area (Å²) in [5.41, 5.74) is 4.36. The van der Waals surface area contributed by atoms with Gasteiger partial charge < -0.3 is 14.3 Å². The van der Waals surface area contributed by atoms with Crippen LogP contribution < -0.4 is 0 Å². The Morgan fingerprint density at radius 2 is 1.84 bits per heavy atom. The topological polar surface area (TPSA) is 86.6 Å². The molecule has 4 aromatic rings. The molecule has 6 rings (SSSR count). The van der Waals surface area contributed by atoms with Gasteiger partial charge in [0.05, 0.1) is 23.9 Å². The van der Waals surface area contributed by atoms with Gasteiger partial charge in [0.25, 0.3) is 17.7 Å². The zero-order chi connectivity index (χ0) is 21.8. The van der Waals surface area contributed by atoms with Gasteiger partial charge in [-0.3, -0.25) is 19.3 Å². The number of carbonyl (C=O) groups excluding carboxylic acids is 3. The predicted octanol–water partition coefficient (Wildman–Crippen LogP) is 3.76. The molecule has 2 aromatic heterocycles. The van der Waals surface area contributed by atoms with Gasteiger partial charge >= 0.3 is 0 Å². The Labute approximate surface area is 183 Å². The number of nitrogens with one attached hydrogen (secondary N) is 1. The zero-order valence-corrected chi connectivity index (χ0v) is 17.1. The highest BCUT2D eigenvalue weighted by Gasteiger charge is 2.37. The van der Waals surface area contributed by atoms with Crippen LogP contribution in [0.4, 0.5) is 0 Å². The van der Waals surface area contributed by atoms with Crippen LogP contribution in [0.3, 0.4) is 0 Å². The van der Waals surface area contributed by atoms with Crippen LogP contribution in [0, 0.1) is 0 Å². The monoisotopic (exact) mass is 425 g/mol. The second-order valence-corrected chi connectivity index (χ2v) is 8.14. The number of hydrogen-bond donors (Lipinski definition) is 1. The number of hydrogen-bond acceptors (Lipinski definition) is 4. The first-order valence-electron chi connectivity index (χ1n) is 10.5. The maximum absolute atomic E-state index is 13.3. The van der Waals surface area contributed by atoms with E-state index in [0.717, 1.165) is 27.8 Å². The molecule has 1 N–H and O–H groups in total. The van der Waals surface area contributed by atoms with E-state index in [9.17, 15) is 14.4 Å². The van der Waals surface area contributed by atoms with E-state index in [1.165, 1.54) is 12.0 Å². The quantitative estimate of drug-likeness (QED) is 0.507. The fourth-order valence-corrected chi connectivity index (χ4v) is 4.65. The Morgan fingerprint density at radius 3 is 2.69 bits per heavy atom. The first kappa shape index (κ1) is 18.6. The third-order valence-corrected chi connectivity index (χ3v) is 6.28. The second kappa shape index (κ2) is 6.95. The minimum Gasteiger partial charge on any atom is -0.467 e. The van der Waals surface area contributed by atoms with E-state index < -0.39 is 5.91 Å². The van der Waals surface area contributed by atoms with Gasteiger partial charge in [-0.1, -0.05) is 18.2 Å². The summed E-state index contributed by atoms with van der Waals surface area (Å²) in [6.45, 7) is 1.16. The largest absolute Gasteiger partial charge is 0.467 e. The maximum atomic E-state index is 13.3. The molecular weight excluding hydrogens is 406 g/mol. The van der Waals surface area contributed by atoms with Crippen LogP contribution in [-0.4, -0.2) is 39.1 Å². The lowest BCUT2D eigenvalue weighted by Gasteiger charge is -2.27. The number of rotatable bonds is 3. The second-order valence-electron chi connectivity index (χ2n) is 8.14. The molecule has 158 valence electrons. The Balaban J connectivity index is 1.27. The lowest BCUT2D eigenvalue weighted by atomic mass is 10.0. The number of carbonyl (C=O) groups is 3. The van der Waals surface area contributed by atoms with E-state index in [2.05, 4.69) is 11.1 Å². The van der Waals surface area contributed by atoms with E-state index in [4.69, 9.17) is 4.42 Å². The molecule has 0 unspecified atom stereocenters. The first-order valence-corrected chi connectivity index (χ1v) is 10.5. The average Bonchev–Trinajstić information content (AvgIpc) is 3.52. The molecule has 2 aromatic carbocycles. The number of benzene rings is 2. The SMILES string of the molecule is O=C(c1ccc2c(c1)C(=O)N(Cc1ccco1)C2=O)N1CCc2[nH]c3ccccc3c2C1. The number of imide groups is 1. The number of para-hydroxylation sites is 1. The van der Waals surface area contributed by atoms with Crippen molar-refractivity contribution in [1.29, 1.82) is 0 Å². The number of H-pyrrole nitrogens is 1. The van der Waals surface area contributed by atoms with Crippen LogP contribution in [0.1, 0.15) is 48.1 Å². The highest BCUT2D eigenvalue weighted by atomic mass is 16.3. The fraction of sp³-hybridized carbons (Fsp3) is 0.160. The summed E-state index contributed by atoms with van der Waals surface area (Å²) in [4.78, 5) is 45.3. The van der Waals surface area contributed by atoms with E-state index >= 15 is 0 Å². The van der Waals surface area contributed by atoms with Gasteiger partial charge in [0.2, 0.25) is 0 Å². The van der Waals surface area contributed by atoms with Gasteiger partial charge in [-0.2, -0.15) is 0 Å². The number of nitrogens with zero attached hydrogens (tertiary/aromatic N) is 2. The molecule has 0 bridgehead atoms. The number of aromatic nitrogens is 1. The molecule has 0 aliphatic carbocycles. The highest BCUT2D eigenvalue weighted by molar-refractivity contribution is 6.22. The summed E-state index contributed by atoms with van der Waals surface area (Å²) < 4.78 is 5.28. The number of furan rings is 1. The maximum Gasteiger partial charge on any atom is 0.261 e. The molecule has 4 heterocycles. The number of aromatic amines is 1. The molecule has 0 radical (unpaired) electrons. The van der Waals surface area contributed by atoms with Crippen LogP contribution in [0.15, 0.2) is 65.3 Å². The van der Waals surface area contributed by atoms with Crippen LogP contribution >= 0.6 is 0 Å². The van der Waals surface area contributed by atoms with Crippen molar-refractivity contribution >= 4 is 28.6 Å². The lowest BCUT2D eigenvalue weighted by Crippen LogP contribution is -2.35.